The first-order valence-corrected chi connectivity index (χ1v) is 9.29. The average molecular weight is 348 g/mol. The average Bonchev–Trinajstić information content (AvgIpc) is 3.34. The normalized spacial score (nSPS) is 16.0. The van der Waals surface area contributed by atoms with Crippen LogP contribution in [0.5, 0.6) is 0 Å². The molecule has 3 aromatic rings. The molecular formula is C21H24N4O. The smallest absolute Gasteiger partial charge is 0.255 e. The highest BCUT2D eigenvalue weighted by Gasteiger charge is 2.19. The Bertz CT molecular complexity index is 894. The summed E-state index contributed by atoms with van der Waals surface area (Å²) in [5.74, 6) is 0.623. The van der Waals surface area contributed by atoms with Crippen molar-refractivity contribution in [1.29, 1.82) is 0 Å². The van der Waals surface area contributed by atoms with Crippen molar-refractivity contribution in [3.05, 3.63) is 59.9 Å². The molecule has 1 aliphatic rings. The third-order valence-corrected chi connectivity index (χ3v) is 5.37. The summed E-state index contributed by atoms with van der Waals surface area (Å²) in [5.41, 5.74) is 9.61. The van der Waals surface area contributed by atoms with E-state index in [9.17, 15) is 4.79 Å². The minimum atomic E-state index is -0.130. The SMILES string of the molecule is NC(CC1CCCC1)c1ccc(C(=O)Nc2ccnc3[nH]ccc23)cc1. The fourth-order valence-electron chi connectivity index (χ4n) is 3.89. The zero-order valence-electron chi connectivity index (χ0n) is 14.7. The lowest BCUT2D eigenvalue weighted by atomic mass is 9.94. The molecule has 4 N–H and O–H groups in total. The van der Waals surface area contributed by atoms with Gasteiger partial charge in [-0.1, -0.05) is 37.8 Å². The second-order valence-corrected chi connectivity index (χ2v) is 7.17. The molecule has 0 aliphatic heterocycles. The quantitative estimate of drug-likeness (QED) is 0.639. The third-order valence-electron chi connectivity index (χ3n) is 5.37. The molecule has 2 aromatic heterocycles. The standard InChI is InChI=1S/C21H24N4O/c22-18(13-14-3-1-2-4-14)15-5-7-16(8-6-15)21(26)25-19-10-12-24-20-17(19)9-11-23-20/h5-12,14,18H,1-4,13,22H2,(H2,23,24,25,26). The minimum Gasteiger partial charge on any atom is -0.346 e. The van der Waals surface area contributed by atoms with Crippen LogP contribution in [0.1, 0.15) is 54.1 Å². The number of nitrogens with two attached hydrogens (primary N) is 1. The summed E-state index contributed by atoms with van der Waals surface area (Å²) in [6.45, 7) is 0. The summed E-state index contributed by atoms with van der Waals surface area (Å²) in [4.78, 5) is 19.8. The van der Waals surface area contributed by atoms with E-state index < -0.39 is 0 Å². The van der Waals surface area contributed by atoms with E-state index in [1.54, 1.807) is 12.3 Å². The summed E-state index contributed by atoms with van der Waals surface area (Å²) in [6.07, 6.45) is 9.79. The first-order chi connectivity index (χ1) is 12.7. The third kappa shape index (κ3) is 3.48. The first-order valence-electron chi connectivity index (χ1n) is 9.29. The zero-order valence-corrected chi connectivity index (χ0v) is 14.7. The number of pyridine rings is 1. The molecule has 1 atom stereocenters. The number of amides is 1. The summed E-state index contributed by atoms with van der Waals surface area (Å²) in [5, 5.41) is 3.86. The molecule has 2 heterocycles. The van der Waals surface area contributed by atoms with Gasteiger partial charge in [0.15, 0.2) is 0 Å². The van der Waals surface area contributed by atoms with Crippen molar-refractivity contribution in [2.24, 2.45) is 11.7 Å². The highest BCUT2D eigenvalue weighted by Crippen LogP contribution is 2.32. The number of fused-ring (bicyclic) bond motifs is 1. The maximum atomic E-state index is 12.6. The Balaban J connectivity index is 1.44. The van der Waals surface area contributed by atoms with E-state index in [2.05, 4.69) is 15.3 Å². The molecule has 0 radical (unpaired) electrons. The minimum absolute atomic E-state index is 0.0508. The fourth-order valence-corrected chi connectivity index (χ4v) is 3.89. The number of carbonyl (C=O) groups excluding carboxylic acids is 1. The van der Waals surface area contributed by atoms with Crippen molar-refractivity contribution in [3.63, 3.8) is 0 Å². The highest BCUT2D eigenvalue weighted by atomic mass is 16.1. The lowest BCUT2D eigenvalue weighted by molar-refractivity contribution is 0.102. The van der Waals surface area contributed by atoms with Crippen molar-refractivity contribution < 1.29 is 4.79 Å². The molecule has 134 valence electrons. The Hall–Kier alpha value is -2.66. The Morgan fingerprint density at radius 3 is 2.73 bits per heavy atom. The second kappa shape index (κ2) is 7.30. The van der Waals surface area contributed by atoms with Crippen LogP contribution in [0.4, 0.5) is 5.69 Å². The number of aromatic nitrogens is 2. The monoisotopic (exact) mass is 348 g/mol. The highest BCUT2D eigenvalue weighted by molar-refractivity contribution is 6.08. The van der Waals surface area contributed by atoms with Gasteiger partial charge in [0.25, 0.3) is 5.91 Å². The number of hydrogen-bond donors (Lipinski definition) is 3. The van der Waals surface area contributed by atoms with E-state index in [4.69, 9.17) is 5.73 Å². The Labute approximate surface area is 153 Å². The lowest BCUT2D eigenvalue weighted by Gasteiger charge is -2.17. The van der Waals surface area contributed by atoms with Crippen LogP contribution in [-0.2, 0) is 0 Å². The van der Waals surface area contributed by atoms with Crippen LogP contribution in [0.3, 0.4) is 0 Å². The van der Waals surface area contributed by atoms with E-state index in [1.165, 1.54) is 25.7 Å². The maximum Gasteiger partial charge on any atom is 0.255 e. The van der Waals surface area contributed by atoms with E-state index >= 15 is 0 Å². The predicted octanol–water partition coefficient (Wildman–Crippen LogP) is 4.40. The van der Waals surface area contributed by atoms with Gasteiger partial charge in [-0.05, 0) is 42.2 Å². The van der Waals surface area contributed by atoms with Crippen LogP contribution < -0.4 is 11.1 Å². The van der Waals surface area contributed by atoms with Gasteiger partial charge in [0.1, 0.15) is 5.65 Å². The number of benzene rings is 1. The van der Waals surface area contributed by atoms with Gasteiger partial charge in [0, 0.05) is 29.4 Å². The molecule has 5 nitrogen and oxygen atoms in total. The number of rotatable bonds is 5. The molecule has 1 fully saturated rings. The van der Waals surface area contributed by atoms with Crippen LogP contribution in [-0.4, -0.2) is 15.9 Å². The second-order valence-electron chi connectivity index (χ2n) is 7.17. The summed E-state index contributed by atoms with van der Waals surface area (Å²) >= 11 is 0. The van der Waals surface area contributed by atoms with Crippen molar-refractivity contribution in [2.75, 3.05) is 5.32 Å². The van der Waals surface area contributed by atoms with Gasteiger partial charge in [-0.25, -0.2) is 4.98 Å². The van der Waals surface area contributed by atoms with E-state index in [0.29, 0.717) is 5.56 Å². The molecule has 1 aliphatic carbocycles. The first kappa shape index (κ1) is 16.8. The van der Waals surface area contributed by atoms with Crippen molar-refractivity contribution in [2.45, 2.75) is 38.1 Å². The maximum absolute atomic E-state index is 12.6. The molecule has 1 aromatic carbocycles. The number of anilines is 1. The van der Waals surface area contributed by atoms with Gasteiger partial charge in [0.2, 0.25) is 0 Å². The molecule has 1 unspecified atom stereocenters. The Kier molecular flexibility index (Phi) is 4.71. The number of nitrogens with zero attached hydrogens (tertiary/aromatic N) is 1. The van der Waals surface area contributed by atoms with Crippen molar-refractivity contribution >= 4 is 22.6 Å². The molecule has 5 heteroatoms. The molecule has 1 saturated carbocycles. The summed E-state index contributed by atoms with van der Waals surface area (Å²) in [6, 6.07) is 11.4. The summed E-state index contributed by atoms with van der Waals surface area (Å²) in [7, 11) is 0. The molecule has 1 amide bonds. The number of carbonyl (C=O) groups is 1. The van der Waals surface area contributed by atoms with Gasteiger partial charge in [-0.2, -0.15) is 0 Å². The van der Waals surface area contributed by atoms with E-state index in [-0.39, 0.29) is 11.9 Å². The van der Waals surface area contributed by atoms with Crippen LogP contribution >= 0.6 is 0 Å². The van der Waals surface area contributed by atoms with Gasteiger partial charge < -0.3 is 16.0 Å². The van der Waals surface area contributed by atoms with Crippen molar-refractivity contribution in [1.82, 2.24) is 9.97 Å². The molecule has 0 bridgehead atoms. The summed E-state index contributed by atoms with van der Waals surface area (Å²) < 4.78 is 0. The Morgan fingerprint density at radius 2 is 1.96 bits per heavy atom. The van der Waals surface area contributed by atoms with E-state index in [1.807, 2.05) is 36.5 Å². The molecule has 4 rings (SSSR count). The van der Waals surface area contributed by atoms with Crippen molar-refractivity contribution in [3.8, 4) is 0 Å². The molecule has 0 saturated heterocycles. The lowest BCUT2D eigenvalue weighted by Crippen LogP contribution is -2.15. The number of nitrogens with one attached hydrogen (secondary N) is 2. The fraction of sp³-hybridized carbons (Fsp3) is 0.333. The largest absolute Gasteiger partial charge is 0.346 e. The molecule has 26 heavy (non-hydrogen) atoms. The zero-order chi connectivity index (χ0) is 17.9. The molecule has 0 spiro atoms. The van der Waals surface area contributed by atoms with Gasteiger partial charge in [-0.3, -0.25) is 4.79 Å². The number of H-pyrrole nitrogens is 1. The molecular weight excluding hydrogens is 324 g/mol. The van der Waals surface area contributed by atoms with E-state index in [0.717, 1.165) is 34.6 Å². The van der Waals surface area contributed by atoms with Crippen LogP contribution in [0.25, 0.3) is 11.0 Å². The van der Waals surface area contributed by atoms with Crippen LogP contribution in [0.2, 0.25) is 0 Å². The van der Waals surface area contributed by atoms with Gasteiger partial charge in [0.05, 0.1) is 5.69 Å². The van der Waals surface area contributed by atoms with Gasteiger partial charge >= 0.3 is 0 Å². The van der Waals surface area contributed by atoms with Gasteiger partial charge in [-0.15, -0.1) is 0 Å². The van der Waals surface area contributed by atoms with Crippen LogP contribution in [0, 0.1) is 5.92 Å². The predicted molar refractivity (Wildman–Crippen MR) is 104 cm³/mol. The van der Waals surface area contributed by atoms with Crippen LogP contribution in [0.15, 0.2) is 48.8 Å². The topological polar surface area (TPSA) is 83.8 Å². The number of hydrogen-bond acceptors (Lipinski definition) is 3. The number of aromatic amines is 1. The Morgan fingerprint density at radius 1 is 1.19 bits per heavy atom.